The van der Waals surface area contributed by atoms with E-state index < -0.39 is 23.3 Å². The Balaban J connectivity index is 1.52. The first-order valence-corrected chi connectivity index (χ1v) is 10.5. The molecule has 0 radical (unpaired) electrons. The second kappa shape index (κ2) is 8.47. The molecule has 4 unspecified atom stereocenters. The summed E-state index contributed by atoms with van der Waals surface area (Å²) in [5, 5.41) is 0. The topological polar surface area (TPSA) is 9.23 Å². The molecular formula is C24H26F4O. The van der Waals surface area contributed by atoms with E-state index in [-0.39, 0.29) is 17.0 Å². The zero-order valence-electron chi connectivity index (χ0n) is 16.6. The molecule has 0 saturated heterocycles. The summed E-state index contributed by atoms with van der Waals surface area (Å²) in [6.45, 7) is 2.77. The van der Waals surface area contributed by atoms with Gasteiger partial charge in [-0.05, 0) is 98.6 Å². The van der Waals surface area contributed by atoms with Crippen molar-refractivity contribution < 1.29 is 22.3 Å². The standard InChI is InChI=1S/C24H26F4O/c1-2-29-19-7-5-14-9-15(3-4-16(14)10-19)18-12-22(27)24(23(28)13-18)17-6-8-20(25)21(26)11-17/h6,8,11-16,19H,2-5,7,9-10H2,1H3. The van der Waals surface area contributed by atoms with E-state index in [9.17, 15) is 17.6 Å². The van der Waals surface area contributed by atoms with Crippen LogP contribution in [-0.2, 0) is 4.74 Å². The van der Waals surface area contributed by atoms with Gasteiger partial charge in [0.1, 0.15) is 11.6 Å². The van der Waals surface area contributed by atoms with Gasteiger partial charge < -0.3 is 4.74 Å². The predicted octanol–water partition coefficient (Wildman–Crippen LogP) is 7.00. The highest BCUT2D eigenvalue weighted by Crippen LogP contribution is 2.47. The molecule has 0 aromatic heterocycles. The summed E-state index contributed by atoms with van der Waals surface area (Å²) < 4.78 is 62.0. The summed E-state index contributed by atoms with van der Waals surface area (Å²) >= 11 is 0. The summed E-state index contributed by atoms with van der Waals surface area (Å²) in [6, 6.07) is 5.66. The molecule has 156 valence electrons. The highest BCUT2D eigenvalue weighted by Gasteiger charge is 2.36. The van der Waals surface area contributed by atoms with Gasteiger partial charge in [-0.1, -0.05) is 6.07 Å². The highest BCUT2D eigenvalue weighted by atomic mass is 19.2. The fraction of sp³-hybridized carbons (Fsp3) is 0.500. The van der Waals surface area contributed by atoms with E-state index in [1.165, 1.54) is 18.2 Å². The van der Waals surface area contributed by atoms with Gasteiger partial charge in [-0.3, -0.25) is 0 Å². The Morgan fingerprint density at radius 3 is 2.17 bits per heavy atom. The number of benzene rings is 2. The largest absolute Gasteiger partial charge is 0.378 e. The zero-order valence-corrected chi connectivity index (χ0v) is 16.6. The molecule has 0 bridgehead atoms. The first-order chi connectivity index (χ1) is 14.0. The van der Waals surface area contributed by atoms with Gasteiger partial charge in [0.25, 0.3) is 0 Å². The average molecular weight is 406 g/mol. The van der Waals surface area contributed by atoms with Gasteiger partial charge in [-0.15, -0.1) is 0 Å². The third-order valence-corrected chi connectivity index (χ3v) is 6.71. The molecule has 2 saturated carbocycles. The van der Waals surface area contributed by atoms with Crippen LogP contribution in [-0.4, -0.2) is 12.7 Å². The van der Waals surface area contributed by atoms with E-state index >= 15 is 0 Å². The Hall–Kier alpha value is -1.88. The van der Waals surface area contributed by atoms with Crippen LogP contribution in [0, 0.1) is 35.1 Å². The quantitative estimate of drug-likeness (QED) is 0.497. The lowest BCUT2D eigenvalue weighted by molar-refractivity contribution is -0.00957. The molecule has 0 heterocycles. The fourth-order valence-electron chi connectivity index (χ4n) is 5.29. The second-order valence-corrected chi connectivity index (χ2v) is 8.41. The minimum Gasteiger partial charge on any atom is -0.378 e. The summed E-state index contributed by atoms with van der Waals surface area (Å²) in [4.78, 5) is 0. The number of halogens is 4. The Kier molecular flexibility index (Phi) is 5.95. The molecule has 0 N–H and O–H groups in total. The molecule has 2 aromatic rings. The number of rotatable bonds is 4. The molecule has 2 aliphatic rings. The molecule has 4 rings (SSSR count). The van der Waals surface area contributed by atoms with Crippen molar-refractivity contribution in [2.45, 2.75) is 57.5 Å². The maximum absolute atomic E-state index is 14.8. The van der Waals surface area contributed by atoms with Gasteiger partial charge in [0.05, 0.1) is 11.7 Å². The van der Waals surface area contributed by atoms with Crippen LogP contribution < -0.4 is 0 Å². The Labute approximate surface area is 169 Å². The Morgan fingerprint density at radius 2 is 1.48 bits per heavy atom. The summed E-state index contributed by atoms with van der Waals surface area (Å²) in [5.41, 5.74) is 0.360. The summed E-state index contributed by atoms with van der Waals surface area (Å²) in [6.07, 6.45) is 6.48. The lowest BCUT2D eigenvalue weighted by atomic mass is 9.65. The van der Waals surface area contributed by atoms with Crippen LogP contribution in [0.25, 0.3) is 11.1 Å². The lowest BCUT2D eigenvalue weighted by Crippen LogP contribution is -2.33. The van der Waals surface area contributed by atoms with Crippen LogP contribution in [0.2, 0.25) is 0 Å². The van der Waals surface area contributed by atoms with Crippen molar-refractivity contribution in [3.05, 3.63) is 59.2 Å². The molecule has 0 aliphatic heterocycles. The predicted molar refractivity (Wildman–Crippen MR) is 105 cm³/mol. The van der Waals surface area contributed by atoms with Crippen LogP contribution in [0.15, 0.2) is 30.3 Å². The van der Waals surface area contributed by atoms with Gasteiger partial charge in [-0.25, -0.2) is 17.6 Å². The molecule has 1 nitrogen and oxygen atoms in total. The van der Waals surface area contributed by atoms with Gasteiger partial charge in [0.2, 0.25) is 0 Å². The van der Waals surface area contributed by atoms with Gasteiger partial charge in [0, 0.05) is 6.61 Å². The van der Waals surface area contributed by atoms with Crippen LogP contribution in [0.4, 0.5) is 17.6 Å². The zero-order chi connectivity index (χ0) is 20.5. The Bertz CT molecular complexity index is 858. The molecule has 2 fully saturated rings. The van der Waals surface area contributed by atoms with Crippen LogP contribution in [0.5, 0.6) is 0 Å². The highest BCUT2D eigenvalue weighted by molar-refractivity contribution is 5.65. The monoisotopic (exact) mass is 406 g/mol. The molecule has 2 aromatic carbocycles. The lowest BCUT2D eigenvalue weighted by Gasteiger charge is -2.42. The van der Waals surface area contributed by atoms with E-state index in [0.717, 1.165) is 57.3 Å². The smallest absolute Gasteiger partial charge is 0.159 e. The number of hydrogen-bond acceptors (Lipinski definition) is 1. The van der Waals surface area contributed by atoms with E-state index in [0.29, 0.717) is 23.5 Å². The van der Waals surface area contributed by atoms with E-state index in [1.54, 1.807) is 0 Å². The summed E-state index contributed by atoms with van der Waals surface area (Å²) in [7, 11) is 0. The number of fused-ring (bicyclic) bond motifs is 1. The molecule has 29 heavy (non-hydrogen) atoms. The van der Waals surface area contributed by atoms with Crippen LogP contribution >= 0.6 is 0 Å². The van der Waals surface area contributed by atoms with Gasteiger partial charge in [0.15, 0.2) is 11.6 Å². The number of ether oxygens (including phenoxy) is 1. The molecule has 2 aliphatic carbocycles. The minimum atomic E-state index is -1.12. The molecular weight excluding hydrogens is 380 g/mol. The maximum Gasteiger partial charge on any atom is 0.159 e. The van der Waals surface area contributed by atoms with Gasteiger partial charge in [-0.2, -0.15) is 0 Å². The first kappa shape index (κ1) is 20.4. The fourth-order valence-corrected chi connectivity index (χ4v) is 5.29. The third-order valence-electron chi connectivity index (χ3n) is 6.71. The molecule has 0 spiro atoms. The average Bonchev–Trinajstić information content (AvgIpc) is 2.70. The van der Waals surface area contributed by atoms with Crippen molar-refractivity contribution >= 4 is 0 Å². The second-order valence-electron chi connectivity index (χ2n) is 8.41. The normalized spacial score (nSPS) is 26.9. The molecule has 0 amide bonds. The van der Waals surface area contributed by atoms with Crippen molar-refractivity contribution in [3.63, 3.8) is 0 Å². The van der Waals surface area contributed by atoms with E-state index in [2.05, 4.69) is 0 Å². The number of hydrogen-bond donors (Lipinski definition) is 0. The van der Waals surface area contributed by atoms with E-state index in [4.69, 9.17) is 4.74 Å². The Morgan fingerprint density at radius 1 is 0.793 bits per heavy atom. The van der Waals surface area contributed by atoms with Crippen molar-refractivity contribution in [3.8, 4) is 11.1 Å². The molecule has 5 heteroatoms. The SMILES string of the molecule is CCOC1CCC2CC(c3cc(F)c(-c4ccc(F)c(F)c4)c(F)c3)CCC2C1. The minimum absolute atomic E-state index is 0.00315. The summed E-state index contributed by atoms with van der Waals surface area (Å²) in [5.74, 6) is -2.28. The third kappa shape index (κ3) is 4.20. The van der Waals surface area contributed by atoms with E-state index in [1.807, 2.05) is 6.92 Å². The van der Waals surface area contributed by atoms with Crippen molar-refractivity contribution in [2.24, 2.45) is 11.8 Å². The first-order valence-electron chi connectivity index (χ1n) is 10.5. The maximum atomic E-state index is 14.8. The van der Waals surface area contributed by atoms with Crippen molar-refractivity contribution in [2.75, 3.05) is 6.61 Å². The van der Waals surface area contributed by atoms with Crippen molar-refractivity contribution in [1.82, 2.24) is 0 Å². The van der Waals surface area contributed by atoms with Crippen molar-refractivity contribution in [1.29, 1.82) is 0 Å². The van der Waals surface area contributed by atoms with Crippen LogP contribution in [0.1, 0.15) is 56.9 Å². The van der Waals surface area contributed by atoms with Crippen LogP contribution in [0.3, 0.4) is 0 Å². The van der Waals surface area contributed by atoms with Gasteiger partial charge >= 0.3 is 0 Å². The molecule has 4 atom stereocenters.